The average molecular weight is 362 g/mol. The van der Waals surface area contributed by atoms with Gasteiger partial charge < -0.3 is 10.2 Å². The second kappa shape index (κ2) is 7.78. The van der Waals surface area contributed by atoms with Crippen LogP contribution in [-0.2, 0) is 4.79 Å². The fourth-order valence-corrected chi connectivity index (χ4v) is 3.35. The summed E-state index contributed by atoms with van der Waals surface area (Å²) in [4.78, 5) is 26.4. The van der Waals surface area contributed by atoms with Gasteiger partial charge in [-0.3, -0.25) is 9.59 Å². The van der Waals surface area contributed by atoms with Gasteiger partial charge in [0.25, 0.3) is 5.91 Å². The minimum absolute atomic E-state index is 0.0756. The summed E-state index contributed by atoms with van der Waals surface area (Å²) in [6.07, 6.45) is 0.243. The lowest BCUT2D eigenvalue weighted by molar-refractivity contribution is -0.121. The maximum absolute atomic E-state index is 12.5. The maximum atomic E-state index is 12.5. The first-order valence-corrected chi connectivity index (χ1v) is 9.38. The number of nitrogens with one attached hydrogen (secondary N) is 1. The number of benzene rings is 2. The molecule has 4 heteroatoms. The van der Waals surface area contributed by atoms with Gasteiger partial charge in [0.1, 0.15) is 0 Å². The number of nitrogens with zero attached hydrogens (tertiary/aromatic N) is 1. The van der Waals surface area contributed by atoms with Gasteiger partial charge in [-0.25, -0.2) is 0 Å². The van der Waals surface area contributed by atoms with Crippen molar-refractivity contribution in [1.82, 2.24) is 10.2 Å². The van der Waals surface area contributed by atoms with Gasteiger partial charge in [-0.15, -0.1) is 0 Å². The van der Waals surface area contributed by atoms with E-state index in [9.17, 15) is 9.59 Å². The summed E-state index contributed by atoms with van der Waals surface area (Å²) in [5, 5.41) is 3.01. The minimum atomic E-state index is -0.0827. The standard InChI is InChI=1S/C23H26N2O2/c1-15(2)18-9-11-19(12-10-18)16(3)24-22(26)13-14-25-17(4)20-7-5-6-8-21(20)23(25)27/h5-12,15-16H,4,13-14H2,1-3H3,(H,24,26). The van der Waals surface area contributed by atoms with Crippen LogP contribution in [0.1, 0.15) is 66.2 Å². The Morgan fingerprint density at radius 1 is 1.00 bits per heavy atom. The first kappa shape index (κ1) is 18.9. The second-order valence-electron chi connectivity index (χ2n) is 7.31. The lowest BCUT2D eigenvalue weighted by Gasteiger charge is -2.19. The number of fused-ring (bicyclic) bond motifs is 1. The van der Waals surface area contributed by atoms with E-state index in [2.05, 4.69) is 50.0 Å². The van der Waals surface area contributed by atoms with Crippen molar-refractivity contribution >= 4 is 17.5 Å². The molecular weight excluding hydrogens is 336 g/mol. The average Bonchev–Trinajstić information content (AvgIpc) is 2.91. The van der Waals surface area contributed by atoms with Crippen LogP contribution in [0.25, 0.3) is 5.70 Å². The molecule has 2 aromatic rings. The number of carbonyl (C=O) groups is 2. The van der Waals surface area contributed by atoms with Gasteiger partial charge in [-0.2, -0.15) is 0 Å². The summed E-state index contributed by atoms with van der Waals surface area (Å²) in [6.45, 7) is 10.6. The molecule has 0 aliphatic carbocycles. The molecule has 0 aromatic heterocycles. The van der Waals surface area contributed by atoms with E-state index in [0.717, 1.165) is 11.1 Å². The molecule has 140 valence electrons. The molecule has 0 spiro atoms. The van der Waals surface area contributed by atoms with E-state index >= 15 is 0 Å². The number of rotatable bonds is 6. The Morgan fingerprint density at radius 2 is 1.59 bits per heavy atom. The van der Waals surface area contributed by atoms with Crippen molar-refractivity contribution < 1.29 is 9.59 Å². The summed E-state index contributed by atoms with van der Waals surface area (Å²) < 4.78 is 0. The SMILES string of the molecule is C=C1c2ccccc2C(=O)N1CCC(=O)NC(C)c1ccc(C(C)C)cc1. The zero-order valence-corrected chi connectivity index (χ0v) is 16.2. The van der Waals surface area contributed by atoms with E-state index < -0.39 is 0 Å². The van der Waals surface area contributed by atoms with E-state index in [1.165, 1.54) is 5.56 Å². The molecule has 1 N–H and O–H groups in total. The number of amides is 2. The van der Waals surface area contributed by atoms with Crippen molar-refractivity contribution in [1.29, 1.82) is 0 Å². The Labute approximate surface area is 160 Å². The van der Waals surface area contributed by atoms with Crippen molar-refractivity contribution in [2.45, 2.75) is 39.2 Å². The highest BCUT2D eigenvalue weighted by Gasteiger charge is 2.30. The van der Waals surface area contributed by atoms with Crippen LogP contribution in [0.2, 0.25) is 0 Å². The van der Waals surface area contributed by atoms with E-state index in [4.69, 9.17) is 0 Å². The van der Waals surface area contributed by atoms with Gasteiger partial charge >= 0.3 is 0 Å². The molecule has 0 fully saturated rings. The first-order chi connectivity index (χ1) is 12.9. The third kappa shape index (κ3) is 3.95. The first-order valence-electron chi connectivity index (χ1n) is 9.38. The third-order valence-electron chi connectivity index (χ3n) is 5.08. The smallest absolute Gasteiger partial charge is 0.258 e. The van der Waals surface area contributed by atoms with Crippen LogP contribution in [0.3, 0.4) is 0 Å². The fourth-order valence-electron chi connectivity index (χ4n) is 3.35. The maximum Gasteiger partial charge on any atom is 0.258 e. The molecule has 2 aromatic carbocycles. The van der Waals surface area contributed by atoms with Gasteiger partial charge in [0.2, 0.25) is 5.91 Å². The van der Waals surface area contributed by atoms with E-state index in [1.807, 2.05) is 25.1 Å². The molecule has 1 atom stereocenters. The molecule has 0 radical (unpaired) electrons. The van der Waals surface area contributed by atoms with Gasteiger partial charge in [-0.05, 0) is 30.0 Å². The van der Waals surface area contributed by atoms with Gasteiger partial charge in [-0.1, -0.05) is 62.9 Å². The van der Waals surface area contributed by atoms with Gasteiger partial charge in [0.05, 0.1) is 6.04 Å². The Balaban J connectivity index is 1.56. The molecule has 1 aliphatic heterocycles. The molecule has 4 nitrogen and oxygen atoms in total. The van der Waals surface area contributed by atoms with Crippen molar-refractivity contribution in [2.24, 2.45) is 0 Å². The summed E-state index contributed by atoms with van der Waals surface area (Å²) >= 11 is 0. The highest BCUT2D eigenvalue weighted by Crippen LogP contribution is 2.31. The molecule has 27 heavy (non-hydrogen) atoms. The normalized spacial score (nSPS) is 14.4. The lowest BCUT2D eigenvalue weighted by atomic mass is 9.99. The fraction of sp³-hybridized carbons (Fsp3) is 0.304. The number of carbonyl (C=O) groups excluding carboxylic acids is 2. The van der Waals surface area contributed by atoms with Crippen LogP contribution in [0.5, 0.6) is 0 Å². The highest BCUT2D eigenvalue weighted by atomic mass is 16.2. The quantitative estimate of drug-likeness (QED) is 0.822. The Bertz CT molecular complexity index is 833. The van der Waals surface area contributed by atoms with Crippen LogP contribution in [0, 0.1) is 0 Å². The van der Waals surface area contributed by atoms with Crippen LogP contribution in [0.15, 0.2) is 55.1 Å². The van der Waals surface area contributed by atoms with Crippen molar-refractivity contribution in [3.05, 3.63) is 77.4 Å². The van der Waals surface area contributed by atoms with Crippen LogP contribution >= 0.6 is 0 Å². The van der Waals surface area contributed by atoms with Crippen molar-refractivity contribution in [3.8, 4) is 0 Å². The summed E-state index contributed by atoms with van der Waals surface area (Å²) in [5.41, 5.74) is 4.52. The molecule has 0 bridgehead atoms. The molecule has 0 saturated heterocycles. The predicted molar refractivity (Wildman–Crippen MR) is 108 cm³/mol. The summed E-state index contributed by atoms with van der Waals surface area (Å²) in [5.74, 6) is 0.326. The topological polar surface area (TPSA) is 49.4 Å². The molecule has 1 aliphatic rings. The van der Waals surface area contributed by atoms with E-state index in [0.29, 0.717) is 23.7 Å². The number of hydrogen-bond donors (Lipinski definition) is 1. The molecular formula is C23H26N2O2. The Morgan fingerprint density at radius 3 is 2.19 bits per heavy atom. The monoisotopic (exact) mass is 362 g/mol. The molecule has 1 unspecified atom stereocenters. The minimum Gasteiger partial charge on any atom is -0.350 e. The summed E-state index contributed by atoms with van der Waals surface area (Å²) in [6, 6.07) is 15.7. The van der Waals surface area contributed by atoms with Crippen molar-refractivity contribution in [3.63, 3.8) is 0 Å². The summed E-state index contributed by atoms with van der Waals surface area (Å²) in [7, 11) is 0. The third-order valence-corrected chi connectivity index (χ3v) is 5.08. The zero-order chi connectivity index (χ0) is 19.6. The van der Waals surface area contributed by atoms with Crippen LogP contribution in [0.4, 0.5) is 0 Å². The van der Waals surface area contributed by atoms with Crippen LogP contribution < -0.4 is 5.32 Å². The number of hydrogen-bond acceptors (Lipinski definition) is 2. The Hall–Kier alpha value is -2.88. The van der Waals surface area contributed by atoms with E-state index in [-0.39, 0.29) is 24.3 Å². The zero-order valence-electron chi connectivity index (χ0n) is 16.2. The second-order valence-corrected chi connectivity index (χ2v) is 7.31. The van der Waals surface area contributed by atoms with Crippen molar-refractivity contribution in [2.75, 3.05) is 6.54 Å². The Kier molecular flexibility index (Phi) is 5.45. The van der Waals surface area contributed by atoms with Gasteiger partial charge in [0, 0.05) is 29.8 Å². The highest BCUT2D eigenvalue weighted by molar-refractivity contribution is 6.08. The molecule has 2 amide bonds. The predicted octanol–water partition coefficient (Wildman–Crippen LogP) is 4.50. The van der Waals surface area contributed by atoms with E-state index in [1.54, 1.807) is 11.0 Å². The lowest BCUT2D eigenvalue weighted by Crippen LogP contribution is -2.32. The molecule has 0 saturated carbocycles. The molecule has 1 heterocycles. The largest absolute Gasteiger partial charge is 0.350 e. The van der Waals surface area contributed by atoms with Gasteiger partial charge in [0.15, 0.2) is 0 Å². The van der Waals surface area contributed by atoms with Crippen LogP contribution in [-0.4, -0.2) is 23.3 Å². The molecule has 3 rings (SSSR count).